The van der Waals surface area contributed by atoms with Gasteiger partial charge in [-0.2, -0.15) is 9.41 Å². The molecule has 4 rings (SSSR count). The van der Waals surface area contributed by atoms with Gasteiger partial charge in [0.2, 0.25) is 10.0 Å². The van der Waals surface area contributed by atoms with Gasteiger partial charge in [0.05, 0.1) is 17.7 Å². The number of hydrogen-bond acceptors (Lipinski definition) is 6. The Morgan fingerprint density at radius 1 is 0.825 bits per heavy atom. The van der Waals surface area contributed by atoms with Crippen LogP contribution in [-0.4, -0.2) is 30.8 Å². The number of carbonyl (C=O) groups is 2. The summed E-state index contributed by atoms with van der Waals surface area (Å²) in [6.45, 7) is 5.80. The molecule has 0 atom stereocenters. The molecule has 0 saturated heterocycles. The second kappa shape index (κ2) is 12.5. The van der Waals surface area contributed by atoms with Crippen LogP contribution in [-0.2, 0) is 32.7 Å². The Hall–Kier alpha value is -4.54. The molecule has 206 valence electrons. The van der Waals surface area contributed by atoms with Crippen molar-refractivity contribution < 1.29 is 22.4 Å². The lowest BCUT2D eigenvalue weighted by Crippen LogP contribution is -2.32. The highest BCUT2D eigenvalue weighted by Gasteiger charge is 2.26. The molecule has 40 heavy (non-hydrogen) atoms. The fourth-order valence-corrected chi connectivity index (χ4v) is 5.20. The number of nitrogens with zero attached hydrogens (tertiary/aromatic N) is 2. The largest absolute Gasteiger partial charge is 0.459 e. The van der Waals surface area contributed by atoms with E-state index in [4.69, 9.17) is 4.42 Å². The van der Waals surface area contributed by atoms with Crippen molar-refractivity contribution in [2.75, 3.05) is 5.32 Å². The van der Waals surface area contributed by atoms with Crippen LogP contribution in [0.25, 0.3) is 0 Å². The van der Waals surface area contributed by atoms with E-state index in [1.807, 2.05) is 57.2 Å². The van der Waals surface area contributed by atoms with E-state index in [1.165, 1.54) is 10.5 Å². The maximum Gasteiger partial charge on any atom is 0.329 e. The molecule has 0 unspecified atom stereocenters. The molecular formula is C30H30N4O5S. The molecule has 4 aromatic rings. The lowest BCUT2D eigenvalue weighted by atomic mass is 10.1. The van der Waals surface area contributed by atoms with Crippen LogP contribution in [0.15, 0.2) is 99.3 Å². The van der Waals surface area contributed by atoms with Gasteiger partial charge in [0.15, 0.2) is 0 Å². The van der Waals surface area contributed by atoms with Crippen molar-refractivity contribution in [3.63, 3.8) is 0 Å². The van der Waals surface area contributed by atoms with Gasteiger partial charge in [-0.1, -0.05) is 65.7 Å². The van der Waals surface area contributed by atoms with Crippen molar-refractivity contribution in [3.05, 3.63) is 119 Å². The molecule has 1 aromatic heterocycles. The number of aryl methyl sites for hydroxylation is 3. The number of amides is 2. The van der Waals surface area contributed by atoms with E-state index in [1.54, 1.807) is 48.5 Å². The summed E-state index contributed by atoms with van der Waals surface area (Å²) >= 11 is 0. The van der Waals surface area contributed by atoms with Crippen LogP contribution >= 0.6 is 0 Å². The molecule has 0 fully saturated rings. The number of nitrogens with one attached hydrogen (secondary N) is 2. The number of anilines is 1. The molecule has 2 amide bonds. The molecule has 0 spiro atoms. The van der Waals surface area contributed by atoms with E-state index < -0.39 is 21.8 Å². The molecule has 10 heteroatoms. The SMILES string of the molecule is Cc1ccc(CN(Cc2ccc(/C=N/NC(=O)C(=O)Nc3ccccc3C)o2)S(=O)(=O)c2ccc(C)cc2)cc1. The highest BCUT2D eigenvalue weighted by Crippen LogP contribution is 2.23. The summed E-state index contributed by atoms with van der Waals surface area (Å²) in [7, 11) is -3.84. The number of hydrazone groups is 1. The van der Waals surface area contributed by atoms with Crippen molar-refractivity contribution in [1.29, 1.82) is 0 Å². The Balaban J connectivity index is 1.45. The van der Waals surface area contributed by atoms with E-state index in [9.17, 15) is 18.0 Å². The highest BCUT2D eigenvalue weighted by molar-refractivity contribution is 7.89. The van der Waals surface area contributed by atoms with Crippen molar-refractivity contribution in [1.82, 2.24) is 9.73 Å². The molecule has 0 radical (unpaired) electrons. The molecule has 0 aliphatic rings. The highest BCUT2D eigenvalue weighted by atomic mass is 32.2. The average Bonchev–Trinajstić information content (AvgIpc) is 3.38. The minimum absolute atomic E-state index is 0.0247. The monoisotopic (exact) mass is 558 g/mol. The summed E-state index contributed by atoms with van der Waals surface area (Å²) in [6.07, 6.45) is 1.24. The van der Waals surface area contributed by atoms with Crippen LogP contribution < -0.4 is 10.7 Å². The van der Waals surface area contributed by atoms with Gasteiger partial charge in [0.25, 0.3) is 0 Å². The van der Waals surface area contributed by atoms with E-state index in [0.29, 0.717) is 11.4 Å². The zero-order valence-corrected chi connectivity index (χ0v) is 23.2. The first kappa shape index (κ1) is 28.5. The molecular weight excluding hydrogens is 528 g/mol. The van der Waals surface area contributed by atoms with E-state index in [2.05, 4.69) is 15.8 Å². The molecule has 3 aromatic carbocycles. The van der Waals surface area contributed by atoms with Crippen LogP contribution in [0.3, 0.4) is 0 Å². The van der Waals surface area contributed by atoms with Gasteiger partial charge in [0, 0.05) is 12.2 Å². The van der Waals surface area contributed by atoms with Gasteiger partial charge in [-0.05, 0) is 62.2 Å². The Morgan fingerprint density at radius 2 is 1.48 bits per heavy atom. The number of rotatable bonds is 9. The Labute approximate surface area is 233 Å². The van der Waals surface area contributed by atoms with Crippen molar-refractivity contribution in [2.45, 2.75) is 38.8 Å². The number of para-hydroxylation sites is 1. The van der Waals surface area contributed by atoms with Crippen LogP contribution in [0, 0.1) is 20.8 Å². The van der Waals surface area contributed by atoms with Gasteiger partial charge in [-0.25, -0.2) is 13.8 Å². The standard InChI is InChI=1S/C30H30N4O5S/c1-21-8-12-24(13-9-21)19-34(40(37,38)27-16-10-22(2)11-17-27)20-26-15-14-25(39-26)18-31-33-30(36)29(35)32-28-7-5-4-6-23(28)3/h4-18H,19-20H2,1-3H3,(H,32,35)(H,33,36)/b31-18+. The molecule has 0 aliphatic heterocycles. The number of benzene rings is 3. The molecule has 0 aliphatic carbocycles. The van der Waals surface area contributed by atoms with Crippen LogP contribution in [0.2, 0.25) is 0 Å². The van der Waals surface area contributed by atoms with Crippen molar-refractivity contribution in [3.8, 4) is 0 Å². The third kappa shape index (κ3) is 7.31. The summed E-state index contributed by atoms with van der Waals surface area (Å²) < 4.78 is 34.2. The van der Waals surface area contributed by atoms with Gasteiger partial charge in [-0.15, -0.1) is 0 Å². The average molecular weight is 559 g/mol. The zero-order chi connectivity index (χ0) is 28.7. The molecule has 0 bridgehead atoms. The van der Waals surface area contributed by atoms with Gasteiger partial charge in [-0.3, -0.25) is 9.59 Å². The fourth-order valence-electron chi connectivity index (χ4n) is 3.80. The number of sulfonamides is 1. The third-order valence-corrected chi connectivity index (χ3v) is 7.92. The first-order chi connectivity index (χ1) is 19.1. The normalized spacial score (nSPS) is 11.6. The number of furan rings is 1. The Kier molecular flexibility index (Phi) is 8.93. The first-order valence-corrected chi connectivity index (χ1v) is 14.0. The van der Waals surface area contributed by atoms with Crippen LogP contribution in [0.4, 0.5) is 5.69 Å². The Morgan fingerprint density at radius 3 is 2.15 bits per heavy atom. The van der Waals surface area contributed by atoms with Crippen LogP contribution in [0.1, 0.15) is 33.8 Å². The van der Waals surface area contributed by atoms with Crippen molar-refractivity contribution in [2.24, 2.45) is 5.10 Å². The van der Waals surface area contributed by atoms with Crippen molar-refractivity contribution >= 4 is 33.7 Å². The second-order valence-corrected chi connectivity index (χ2v) is 11.3. The number of hydrogen-bond donors (Lipinski definition) is 2. The minimum Gasteiger partial charge on any atom is -0.459 e. The van der Waals surface area contributed by atoms with E-state index in [0.717, 1.165) is 22.3 Å². The Bertz CT molecular complexity index is 1630. The second-order valence-electron chi connectivity index (χ2n) is 9.34. The molecule has 9 nitrogen and oxygen atoms in total. The summed E-state index contributed by atoms with van der Waals surface area (Å²) in [5, 5.41) is 6.32. The predicted molar refractivity (Wildman–Crippen MR) is 153 cm³/mol. The predicted octanol–water partition coefficient (Wildman–Crippen LogP) is 4.68. The topological polar surface area (TPSA) is 121 Å². The lowest BCUT2D eigenvalue weighted by molar-refractivity contribution is -0.136. The van der Waals surface area contributed by atoms with E-state index in [-0.39, 0.29) is 23.7 Å². The van der Waals surface area contributed by atoms with Gasteiger partial charge in [0.1, 0.15) is 11.5 Å². The maximum atomic E-state index is 13.6. The fraction of sp³-hybridized carbons (Fsp3) is 0.167. The first-order valence-electron chi connectivity index (χ1n) is 12.5. The third-order valence-electron chi connectivity index (χ3n) is 6.11. The summed E-state index contributed by atoms with van der Waals surface area (Å²) in [4.78, 5) is 24.5. The lowest BCUT2D eigenvalue weighted by Gasteiger charge is -2.21. The maximum absolute atomic E-state index is 13.6. The minimum atomic E-state index is -3.84. The molecule has 0 saturated carbocycles. The quantitative estimate of drug-likeness (QED) is 0.175. The molecule has 1 heterocycles. The summed E-state index contributed by atoms with van der Waals surface area (Å²) in [5.41, 5.74) is 6.37. The zero-order valence-electron chi connectivity index (χ0n) is 22.4. The van der Waals surface area contributed by atoms with Gasteiger partial charge < -0.3 is 9.73 Å². The molecule has 2 N–H and O–H groups in total. The van der Waals surface area contributed by atoms with Gasteiger partial charge >= 0.3 is 11.8 Å². The van der Waals surface area contributed by atoms with E-state index >= 15 is 0 Å². The van der Waals surface area contributed by atoms with Crippen LogP contribution in [0.5, 0.6) is 0 Å². The smallest absolute Gasteiger partial charge is 0.329 e. The summed E-state index contributed by atoms with van der Waals surface area (Å²) in [6, 6.07) is 24.7. The summed E-state index contributed by atoms with van der Waals surface area (Å²) in [5.74, 6) is -1.15. The number of carbonyl (C=O) groups excluding carboxylic acids is 2.